The van der Waals surface area contributed by atoms with E-state index >= 15 is 0 Å². The molecule has 0 bridgehead atoms. The van der Waals surface area contributed by atoms with Gasteiger partial charge in [-0.05, 0) is 11.3 Å². The van der Waals surface area contributed by atoms with Crippen molar-refractivity contribution < 1.29 is 9.90 Å². The standard InChI is InChI=1S/C14H12N2O2S2/c1-2-19-14-15-9-10(16-14)12(13(17)18)20-11(9)8-6-4-3-5-7-8/h3-7H,2H2,1H3,(H,15,16)(H,17,18). The zero-order chi connectivity index (χ0) is 14.1. The van der Waals surface area contributed by atoms with Gasteiger partial charge in [0.2, 0.25) is 0 Å². The maximum absolute atomic E-state index is 11.4. The monoisotopic (exact) mass is 304 g/mol. The van der Waals surface area contributed by atoms with E-state index in [1.807, 2.05) is 37.3 Å². The van der Waals surface area contributed by atoms with Crippen LogP contribution in [0.15, 0.2) is 35.5 Å². The number of benzene rings is 1. The van der Waals surface area contributed by atoms with Crippen LogP contribution in [0.25, 0.3) is 21.5 Å². The molecule has 3 aromatic rings. The number of aromatic nitrogens is 2. The van der Waals surface area contributed by atoms with Gasteiger partial charge in [-0.15, -0.1) is 11.3 Å². The summed E-state index contributed by atoms with van der Waals surface area (Å²) in [6.07, 6.45) is 0. The number of thiophene rings is 1. The first-order valence-corrected chi connectivity index (χ1v) is 7.95. The Morgan fingerprint density at radius 1 is 1.40 bits per heavy atom. The maximum Gasteiger partial charge on any atom is 0.348 e. The van der Waals surface area contributed by atoms with Crippen LogP contribution < -0.4 is 0 Å². The van der Waals surface area contributed by atoms with Crippen LogP contribution in [0.2, 0.25) is 0 Å². The van der Waals surface area contributed by atoms with Crippen LogP contribution in [-0.4, -0.2) is 26.8 Å². The molecule has 0 aliphatic carbocycles. The van der Waals surface area contributed by atoms with Crippen molar-refractivity contribution in [3.63, 3.8) is 0 Å². The lowest BCUT2D eigenvalue weighted by Crippen LogP contribution is -1.92. The first-order valence-electron chi connectivity index (χ1n) is 6.14. The molecule has 0 saturated heterocycles. The van der Waals surface area contributed by atoms with E-state index in [2.05, 4.69) is 9.97 Å². The minimum absolute atomic E-state index is 0.290. The van der Waals surface area contributed by atoms with Gasteiger partial charge in [0.1, 0.15) is 10.4 Å². The lowest BCUT2D eigenvalue weighted by Gasteiger charge is -1.96. The van der Waals surface area contributed by atoms with Crippen molar-refractivity contribution in [1.82, 2.24) is 9.97 Å². The highest BCUT2D eigenvalue weighted by atomic mass is 32.2. The number of aromatic amines is 1. The number of fused-ring (bicyclic) bond motifs is 1. The third-order valence-electron chi connectivity index (χ3n) is 2.84. The SMILES string of the molecule is CCSc1nc2c(C(=O)O)sc(-c3ccccc3)c2[nH]1. The summed E-state index contributed by atoms with van der Waals surface area (Å²) in [5.41, 5.74) is 2.37. The summed E-state index contributed by atoms with van der Waals surface area (Å²) in [4.78, 5) is 20.2. The topological polar surface area (TPSA) is 66.0 Å². The normalized spacial score (nSPS) is 11.1. The van der Waals surface area contributed by atoms with Crippen molar-refractivity contribution in [2.75, 3.05) is 5.75 Å². The minimum atomic E-state index is -0.929. The molecule has 6 heteroatoms. The molecule has 0 aliphatic heterocycles. The second-order valence-electron chi connectivity index (χ2n) is 4.13. The van der Waals surface area contributed by atoms with E-state index in [1.165, 1.54) is 11.3 Å². The van der Waals surface area contributed by atoms with Crippen LogP contribution in [0.4, 0.5) is 0 Å². The summed E-state index contributed by atoms with van der Waals surface area (Å²) in [6.45, 7) is 2.04. The zero-order valence-corrected chi connectivity index (χ0v) is 12.3. The van der Waals surface area contributed by atoms with Crippen LogP contribution in [0.3, 0.4) is 0 Å². The van der Waals surface area contributed by atoms with Gasteiger partial charge in [0.15, 0.2) is 5.16 Å². The Hall–Kier alpha value is -1.79. The predicted molar refractivity (Wildman–Crippen MR) is 82.8 cm³/mol. The number of hydrogen-bond donors (Lipinski definition) is 2. The van der Waals surface area contributed by atoms with Crippen molar-refractivity contribution in [1.29, 1.82) is 0 Å². The lowest BCUT2D eigenvalue weighted by atomic mass is 10.2. The summed E-state index contributed by atoms with van der Waals surface area (Å²) in [7, 11) is 0. The zero-order valence-electron chi connectivity index (χ0n) is 10.7. The number of carbonyl (C=O) groups is 1. The molecule has 3 rings (SSSR count). The van der Waals surface area contributed by atoms with E-state index in [-0.39, 0.29) is 4.88 Å². The molecule has 2 heterocycles. The minimum Gasteiger partial charge on any atom is -0.477 e. The highest BCUT2D eigenvalue weighted by molar-refractivity contribution is 7.99. The molecule has 0 spiro atoms. The van der Waals surface area contributed by atoms with Gasteiger partial charge >= 0.3 is 5.97 Å². The summed E-state index contributed by atoms with van der Waals surface area (Å²) >= 11 is 2.84. The molecular formula is C14H12N2O2S2. The number of rotatable bonds is 4. The van der Waals surface area contributed by atoms with Crippen molar-refractivity contribution in [3.8, 4) is 10.4 Å². The summed E-state index contributed by atoms with van der Waals surface area (Å²) in [6, 6.07) is 9.78. The van der Waals surface area contributed by atoms with Crippen molar-refractivity contribution in [3.05, 3.63) is 35.2 Å². The van der Waals surface area contributed by atoms with Gasteiger partial charge in [-0.1, -0.05) is 49.0 Å². The molecule has 0 radical (unpaired) electrons. The van der Waals surface area contributed by atoms with E-state index in [9.17, 15) is 9.90 Å². The second-order valence-corrected chi connectivity index (χ2v) is 6.40. The van der Waals surface area contributed by atoms with Crippen LogP contribution in [0, 0.1) is 0 Å². The van der Waals surface area contributed by atoms with Crippen molar-refractivity contribution >= 4 is 40.1 Å². The van der Waals surface area contributed by atoms with Crippen LogP contribution >= 0.6 is 23.1 Å². The first kappa shape index (κ1) is 13.2. The third kappa shape index (κ3) is 2.21. The average molecular weight is 304 g/mol. The fourth-order valence-electron chi connectivity index (χ4n) is 2.02. The van der Waals surface area contributed by atoms with Gasteiger partial charge in [-0.2, -0.15) is 0 Å². The quantitative estimate of drug-likeness (QED) is 0.712. The fourth-order valence-corrected chi connectivity index (χ4v) is 3.67. The summed E-state index contributed by atoms with van der Waals surface area (Å²) in [5.74, 6) is -0.0375. The van der Waals surface area contributed by atoms with Gasteiger partial charge < -0.3 is 10.1 Å². The van der Waals surface area contributed by atoms with E-state index in [1.54, 1.807) is 11.8 Å². The molecule has 1 aromatic carbocycles. The van der Waals surface area contributed by atoms with Crippen molar-refractivity contribution in [2.45, 2.75) is 12.1 Å². The highest BCUT2D eigenvalue weighted by Crippen LogP contribution is 2.38. The number of H-pyrrole nitrogens is 1. The molecule has 0 atom stereocenters. The lowest BCUT2D eigenvalue weighted by molar-refractivity contribution is 0.0704. The Morgan fingerprint density at radius 2 is 2.15 bits per heavy atom. The smallest absolute Gasteiger partial charge is 0.348 e. The predicted octanol–water partition coefficient (Wildman–Crippen LogP) is 4.10. The third-order valence-corrected chi connectivity index (χ3v) is 4.81. The Morgan fingerprint density at radius 3 is 2.80 bits per heavy atom. The summed E-state index contributed by atoms with van der Waals surface area (Å²) in [5, 5.41) is 10.1. The molecule has 4 nitrogen and oxygen atoms in total. The van der Waals surface area contributed by atoms with E-state index in [0.717, 1.165) is 26.9 Å². The van der Waals surface area contributed by atoms with E-state index < -0.39 is 5.97 Å². The van der Waals surface area contributed by atoms with Crippen LogP contribution in [0.5, 0.6) is 0 Å². The van der Waals surface area contributed by atoms with Crippen LogP contribution in [-0.2, 0) is 0 Å². The highest BCUT2D eigenvalue weighted by Gasteiger charge is 2.21. The molecule has 0 aliphatic rings. The van der Waals surface area contributed by atoms with Crippen LogP contribution in [0.1, 0.15) is 16.6 Å². The van der Waals surface area contributed by atoms with E-state index in [0.29, 0.717) is 5.52 Å². The number of nitrogens with zero attached hydrogens (tertiary/aromatic N) is 1. The molecule has 0 amide bonds. The fraction of sp³-hybridized carbons (Fsp3) is 0.143. The molecule has 0 fully saturated rings. The molecule has 2 N–H and O–H groups in total. The molecule has 0 unspecified atom stereocenters. The van der Waals surface area contributed by atoms with Gasteiger partial charge in [0.05, 0.1) is 10.4 Å². The molecule has 20 heavy (non-hydrogen) atoms. The molecule has 2 aromatic heterocycles. The summed E-state index contributed by atoms with van der Waals surface area (Å²) < 4.78 is 0. The number of aromatic carboxylic acids is 1. The number of imidazole rings is 1. The Bertz CT molecular complexity index is 762. The Kier molecular flexibility index (Phi) is 3.50. The second kappa shape index (κ2) is 5.30. The number of carboxylic acid groups (broad SMARTS) is 1. The molecule has 102 valence electrons. The Labute approximate surface area is 123 Å². The number of carboxylic acids is 1. The van der Waals surface area contributed by atoms with Gasteiger partial charge in [0, 0.05) is 0 Å². The van der Waals surface area contributed by atoms with Crippen molar-refractivity contribution in [2.24, 2.45) is 0 Å². The number of thioether (sulfide) groups is 1. The largest absolute Gasteiger partial charge is 0.477 e. The molecule has 0 saturated carbocycles. The Balaban J connectivity index is 2.24. The van der Waals surface area contributed by atoms with E-state index in [4.69, 9.17) is 0 Å². The number of hydrogen-bond acceptors (Lipinski definition) is 4. The van der Waals surface area contributed by atoms with Gasteiger partial charge in [0.25, 0.3) is 0 Å². The van der Waals surface area contributed by atoms with Gasteiger partial charge in [-0.25, -0.2) is 9.78 Å². The maximum atomic E-state index is 11.4. The van der Waals surface area contributed by atoms with Gasteiger partial charge in [-0.3, -0.25) is 0 Å². The average Bonchev–Trinajstić information content (AvgIpc) is 2.98. The first-order chi connectivity index (χ1) is 9.70. The molecular weight excluding hydrogens is 292 g/mol. The number of nitrogens with one attached hydrogen (secondary N) is 1.